The lowest BCUT2D eigenvalue weighted by atomic mass is 9.96. The zero-order chi connectivity index (χ0) is 25.9. The molecule has 1 saturated heterocycles. The third-order valence-corrected chi connectivity index (χ3v) is 6.04. The lowest BCUT2D eigenvalue weighted by Gasteiger charge is -2.36. The smallest absolute Gasteiger partial charge is 0.236 e. The zero-order valence-electron chi connectivity index (χ0n) is 20.6. The van der Waals surface area contributed by atoms with Crippen LogP contribution in [0.5, 0.6) is 0 Å². The number of hydrogen-bond acceptors (Lipinski definition) is 9. The van der Waals surface area contributed by atoms with Crippen LogP contribution in [-0.2, 0) is 15.1 Å². The molecule has 0 aromatic carbocycles. The van der Waals surface area contributed by atoms with Crippen LogP contribution in [0, 0.1) is 11.3 Å². The molecule has 1 amide bonds. The number of allylic oxidation sites excluding steroid dienone is 2. The Bertz CT molecular complexity index is 1210. The van der Waals surface area contributed by atoms with Crippen molar-refractivity contribution in [3.63, 3.8) is 0 Å². The summed E-state index contributed by atoms with van der Waals surface area (Å²) in [7, 11) is 0. The summed E-state index contributed by atoms with van der Waals surface area (Å²) < 4.78 is 22.5. The van der Waals surface area contributed by atoms with E-state index in [4.69, 9.17) is 10.5 Å². The van der Waals surface area contributed by atoms with Crippen LogP contribution in [0.15, 0.2) is 36.4 Å². The van der Waals surface area contributed by atoms with Crippen LogP contribution in [0.1, 0.15) is 39.4 Å². The summed E-state index contributed by atoms with van der Waals surface area (Å²) in [6, 6.07) is 2.16. The van der Waals surface area contributed by atoms with Gasteiger partial charge in [0.15, 0.2) is 5.82 Å². The molecule has 3 N–H and O–H groups in total. The highest BCUT2D eigenvalue weighted by Gasteiger charge is 2.34. The number of aromatic nitrogens is 5. The van der Waals surface area contributed by atoms with Crippen LogP contribution in [0.25, 0.3) is 5.57 Å². The first-order valence-electron chi connectivity index (χ1n) is 11.8. The van der Waals surface area contributed by atoms with E-state index in [0.717, 1.165) is 5.69 Å². The Kier molecular flexibility index (Phi) is 7.42. The Labute approximate surface area is 208 Å². The van der Waals surface area contributed by atoms with Crippen LogP contribution >= 0.6 is 0 Å². The van der Waals surface area contributed by atoms with Crippen LogP contribution < -0.4 is 11.1 Å². The second-order valence-electron chi connectivity index (χ2n) is 9.72. The predicted molar refractivity (Wildman–Crippen MR) is 130 cm³/mol. The molecule has 1 aliphatic heterocycles. The second-order valence-corrected chi connectivity index (χ2v) is 9.72. The number of likely N-dealkylation sites (tertiary alicyclic amines) is 1. The van der Waals surface area contributed by atoms with Crippen molar-refractivity contribution in [2.45, 2.75) is 57.5 Å². The molecular formula is C24H30FN9O2. The molecule has 3 atom stereocenters. The van der Waals surface area contributed by atoms with Crippen molar-refractivity contribution in [1.82, 2.24) is 29.6 Å². The molecule has 0 saturated carbocycles. The van der Waals surface area contributed by atoms with E-state index in [0.29, 0.717) is 42.3 Å². The van der Waals surface area contributed by atoms with Gasteiger partial charge in [-0.1, -0.05) is 6.08 Å². The molecule has 2 aliphatic rings. The van der Waals surface area contributed by atoms with Gasteiger partial charge in [0.25, 0.3) is 0 Å². The van der Waals surface area contributed by atoms with Gasteiger partial charge < -0.3 is 20.7 Å². The lowest BCUT2D eigenvalue weighted by molar-refractivity contribution is -0.136. The van der Waals surface area contributed by atoms with Gasteiger partial charge in [-0.2, -0.15) is 15.3 Å². The maximum Gasteiger partial charge on any atom is 0.236 e. The van der Waals surface area contributed by atoms with Crippen LogP contribution in [-0.4, -0.2) is 73.6 Å². The van der Waals surface area contributed by atoms with E-state index >= 15 is 0 Å². The summed E-state index contributed by atoms with van der Waals surface area (Å²) in [5, 5.41) is 17.2. The van der Waals surface area contributed by atoms with Crippen molar-refractivity contribution in [3.8, 4) is 6.07 Å². The molecule has 1 fully saturated rings. The normalized spacial score (nSPS) is 22.4. The maximum atomic E-state index is 14.7. The fourth-order valence-corrected chi connectivity index (χ4v) is 4.05. The van der Waals surface area contributed by atoms with Crippen molar-refractivity contribution in [1.29, 1.82) is 5.26 Å². The topological polar surface area (TPSA) is 148 Å². The number of ether oxygens (including phenoxy) is 1. The monoisotopic (exact) mass is 495 g/mol. The summed E-state index contributed by atoms with van der Waals surface area (Å²) in [5.74, 6) is 0.464. The predicted octanol–water partition coefficient (Wildman–Crippen LogP) is 2.09. The summed E-state index contributed by atoms with van der Waals surface area (Å²) in [5.41, 5.74) is 6.97. The third kappa shape index (κ3) is 5.75. The fourth-order valence-electron chi connectivity index (χ4n) is 4.05. The molecule has 4 rings (SSSR count). The quantitative estimate of drug-likeness (QED) is 0.614. The number of rotatable bonds is 6. The van der Waals surface area contributed by atoms with E-state index in [-0.39, 0.29) is 24.5 Å². The van der Waals surface area contributed by atoms with Crippen molar-refractivity contribution < 1.29 is 13.9 Å². The standard InChI is InChI=1S/C24H30FN9O2/c1-24(2,3)34-12-17(11-30-34)31-23-29-14-28-22(32-23)15-4-5-19(16(8-15)9-26)36-20-6-7-33(13-18(20)25)21(35)10-27/h4,8,11-12,14,18-20H,5-7,10,13,27H2,1-3H3,(H,28,29,31,32)/t18-,19?,20+/m1/s1. The van der Waals surface area contributed by atoms with E-state index in [2.05, 4.69) is 52.2 Å². The van der Waals surface area contributed by atoms with Gasteiger partial charge in [0.1, 0.15) is 12.5 Å². The van der Waals surface area contributed by atoms with Gasteiger partial charge in [-0.05, 0) is 39.7 Å². The second kappa shape index (κ2) is 10.5. The molecule has 0 spiro atoms. The Morgan fingerprint density at radius 1 is 1.39 bits per heavy atom. The van der Waals surface area contributed by atoms with Gasteiger partial charge in [-0.25, -0.2) is 14.4 Å². The van der Waals surface area contributed by atoms with E-state index in [1.165, 1.54) is 11.2 Å². The van der Waals surface area contributed by atoms with Gasteiger partial charge in [-0.3, -0.25) is 9.48 Å². The third-order valence-electron chi connectivity index (χ3n) is 6.04. The molecule has 3 heterocycles. The minimum Gasteiger partial charge on any atom is -0.366 e. The highest BCUT2D eigenvalue weighted by atomic mass is 19.1. The number of alkyl halides is 1. The number of nitrogens with one attached hydrogen (secondary N) is 1. The van der Waals surface area contributed by atoms with E-state index in [9.17, 15) is 14.4 Å². The molecule has 11 nitrogen and oxygen atoms in total. The Morgan fingerprint density at radius 2 is 2.19 bits per heavy atom. The molecule has 2 aromatic rings. The number of anilines is 2. The van der Waals surface area contributed by atoms with E-state index < -0.39 is 18.4 Å². The fraction of sp³-hybridized carbons (Fsp3) is 0.500. The van der Waals surface area contributed by atoms with Gasteiger partial charge >= 0.3 is 0 Å². The van der Waals surface area contributed by atoms with Gasteiger partial charge in [-0.15, -0.1) is 0 Å². The van der Waals surface area contributed by atoms with Gasteiger partial charge in [0.2, 0.25) is 11.9 Å². The first-order chi connectivity index (χ1) is 17.2. The first-order valence-corrected chi connectivity index (χ1v) is 11.8. The van der Waals surface area contributed by atoms with Crippen molar-refractivity contribution in [2.75, 3.05) is 25.0 Å². The Hall–Kier alpha value is -3.69. The van der Waals surface area contributed by atoms with Gasteiger partial charge in [0, 0.05) is 18.3 Å². The molecular weight excluding hydrogens is 465 g/mol. The Balaban J connectivity index is 1.42. The van der Waals surface area contributed by atoms with Crippen molar-refractivity contribution >= 4 is 23.1 Å². The van der Waals surface area contributed by atoms with Crippen LogP contribution in [0.4, 0.5) is 16.0 Å². The summed E-state index contributed by atoms with van der Waals surface area (Å²) in [6.07, 6.45) is 6.56. The number of carbonyl (C=O) groups excluding carboxylic acids is 1. The molecule has 0 radical (unpaired) electrons. The molecule has 0 bridgehead atoms. The summed E-state index contributed by atoms with van der Waals surface area (Å²) >= 11 is 0. The van der Waals surface area contributed by atoms with E-state index in [1.807, 2.05) is 17.0 Å². The minimum absolute atomic E-state index is 0.0601. The maximum absolute atomic E-state index is 14.7. The molecule has 1 aliphatic carbocycles. The lowest BCUT2D eigenvalue weighted by Crippen LogP contribution is -2.50. The number of nitrogens with two attached hydrogens (primary N) is 1. The summed E-state index contributed by atoms with van der Waals surface area (Å²) in [4.78, 5) is 26.1. The number of piperidine rings is 1. The minimum atomic E-state index is -1.35. The van der Waals surface area contributed by atoms with Crippen molar-refractivity contribution in [3.05, 3.63) is 42.3 Å². The number of amides is 1. The molecule has 36 heavy (non-hydrogen) atoms. The molecule has 2 aromatic heterocycles. The number of nitrogens with zero attached hydrogens (tertiary/aromatic N) is 7. The van der Waals surface area contributed by atoms with Crippen LogP contribution in [0.2, 0.25) is 0 Å². The zero-order valence-corrected chi connectivity index (χ0v) is 20.6. The average Bonchev–Trinajstić information content (AvgIpc) is 3.34. The van der Waals surface area contributed by atoms with Crippen molar-refractivity contribution in [2.24, 2.45) is 5.73 Å². The summed E-state index contributed by atoms with van der Waals surface area (Å²) in [6.45, 7) is 6.32. The van der Waals surface area contributed by atoms with Crippen LogP contribution in [0.3, 0.4) is 0 Å². The number of carbonyl (C=O) groups is 1. The largest absolute Gasteiger partial charge is 0.366 e. The molecule has 1 unspecified atom stereocenters. The molecule has 12 heteroatoms. The Morgan fingerprint density at radius 3 is 2.86 bits per heavy atom. The number of halogens is 1. The SMILES string of the molecule is CC(C)(C)n1cc(Nc2ncnc(C3=CCC(O[C@H]4CCN(C(=O)CN)C[C@H]4F)C(C#N)=C3)n2)cn1. The first kappa shape index (κ1) is 25.4. The molecule has 190 valence electrons. The van der Waals surface area contributed by atoms with Gasteiger partial charge in [0.05, 0.1) is 54.4 Å². The number of hydrogen-bond donors (Lipinski definition) is 2. The average molecular weight is 496 g/mol. The highest BCUT2D eigenvalue weighted by Crippen LogP contribution is 2.29. The van der Waals surface area contributed by atoms with E-state index in [1.54, 1.807) is 12.3 Å². The number of nitriles is 1. The highest BCUT2D eigenvalue weighted by molar-refractivity contribution is 5.78.